The van der Waals surface area contributed by atoms with Crippen molar-refractivity contribution >= 4 is 5.91 Å². The highest BCUT2D eigenvalue weighted by Gasteiger charge is 2.20. The second-order valence-electron chi connectivity index (χ2n) is 4.17. The van der Waals surface area contributed by atoms with Gasteiger partial charge in [-0.1, -0.05) is 24.3 Å². The molecule has 0 spiro atoms. The predicted molar refractivity (Wildman–Crippen MR) is 64.2 cm³/mol. The zero-order valence-electron chi connectivity index (χ0n) is 9.62. The SMILES string of the molecule is CNC(=O)CCNC1CCc2ccccc21. The first-order valence-electron chi connectivity index (χ1n) is 5.83. The van der Waals surface area contributed by atoms with Gasteiger partial charge in [-0.2, -0.15) is 0 Å². The third-order valence-electron chi connectivity index (χ3n) is 3.15. The maximum absolute atomic E-state index is 11.1. The molecule has 0 radical (unpaired) electrons. The Morgan fingerprint density at radius 1 is 1.44 bits per heavy atom. The molecule has 1 aromatic carbocycles. The smallest absolute Gasteiger partial charge is 0.221 e. The van der Waals surface area contributed by atoms with E-state index < -0.39 is 0 Å². The van der Waals surface area contributed by atoms with Gasteiger partial charge in [-0.25, -0.2) is 0 Å². The summed E-state index contributed by atoms with van der Waals surface area (Å²) in [5.74, 6) is 0.0961. The molecule has 0 aliphatic heterocycles. The molecule has 86 valence electrons. The quantitative estimate of drug-likeness (QED) is 0.802. The first-order chi connectivity index (χ1) is 7.81. The van der Waals surface area contributed by atoms with E-state index in [-0.39, 0.29) is 5.91 Å². The van der Waals surface area contributed by atoms with Gasteiger partial charge in [0.2, 0.25) is 5.91 Å². The van der Waals surface area contributed by atoms with Gasteiger partial charge >= 0.3 is 0 Å². The molecule has 0 aromatic heterocycles. The van der Waals surface area contributed by atoms with Gasteiger partial charge in [0, 0.05) is 26.1 Å². The van der Waals surface area contributed by atoms with Crippen LogP contribution in [0.1, 0.15) is 30.0 Å². The van der Waals surface area contributed by atoms with Gasteiger partial charge in [0.15, 0.2) is 0 Å². The minimum absolute atomic E-state index is 0.0961. The van der Waals surface area contributed by atoms with E-state index in [9.17, 15) is 4.79 Å². The number of fused-ring (bicyclic) bond motifs is 1. The van der Waals surface area contributed by atoms with Gasteiger partial charge in [-0.05, 0) is 24.0 Å². The van der Waals surface area contributed by atoms with E-state index in [1.54, 1.807) is 7.05 Å². The topological polar surface area (TPSA) is 41.1 Å². The molecule has 1 unspecified atom stereocenters. The number of carbonyl (C=O) groups excluding carboxylic acids is 1. The molecule has 16 heavy (non-hydrogen) atoms. The Morgan fingerprint density at radius 2 is 2.25 bits per heavy atom. The van der Waals surface area contributed by atoms with Gasteiger partial charge in [-0.3, -0.25) is 4.79 Å². The zero-order chi connectivity index (χ0) is 11.4. The van der Waals surface area contributed by atoms with Crippen LogP contribution in [0.25, 0.3) is 0 Å². The Balaban J connectivity index is 1.86. The Labute approximate surface area is 96.2 Å². The predicted octanol–water partition coefficient (Wildman–Crippen LogP) is 1.40. The summed E-state index contributed by atoms with van der Waals surface area (Å²) in [6, 6.07) is 8.97. The lowest BCUT2D eigenvalue weighted by Crippen LogP contribution is -2.26. The summed E-state index contributed by atoms with van der Waals surface area (Å²) in [5, 5.41) is 6.07. The molecular weight excluding hydrogens is 200 g/mol. The molecule has 0 heterocycles. The van der Waals surface area contributed by atoms with E-state index >= 15 is 0 Å². The average Bonchev–Trinajstić information content (AvgIpc) is 2.73. The van der Waals surface area contributed by atoms with E-state index in [2.05, 4.69) is 34.9 Å². The molecular formula is C13H18N2O. The number of hydrogen-bond acceptors (Lipinski definition) is 2. The number of hydrogen-bond donors (Lipinski definition) is 2. The third-order valence-corrected chi connectivity index (χ3v) is 3.15. The largest absolute Gasteiger partial charge is 0.359 e. The first-order valence-corrected chi connectivity index (χ1v) is 5.83. The van der Waals surface area contributed by atoms with Crippen LogP contribution in [-0.2, 0) is 11.2 Å². The standard InChI is InChI=1S/C13H18N2O/c1-14-13(16)8-9-15-12-7-6-10-4-2-3-5-11(10)12/h2-5,12,15H,6-9H2,1H3,(H,14,16). The zero-order valence-corrected chi connectivity index (χ0v) is 9.62. The fourth-order valence-electron chi connectivity index (χ4n) is 2.25. The van der Waals surface area contributed by atoms with Crippen LogP contribution >= 0.6 is 0 Å². The van der Waals surface area contributed by atoms with Crippen molar-refractivity contribution in [2.45, 2.75) is 25.3 Å². The fourth-order valence-corrected chi connectivity index (χ4v) is 2.25. The van der Waals surface area contributed by atoms with Crippen molar-refractivity contribution in [1.29, 1.82) is 0 Å². The van der Waals surface area contributed by atoms with Crippen molar-refractivity contribution in [3.05, 3.63) is 35.4 Å². The number of amides is 1. The fraction of sp³-hybridized carbons (Fsp3) is 0.462. The van der Waals surface area contributed by atoms with Gasteiger partial charge in [0.1, 0.15) is 0 Å². The molecule has 0 fully saturated rings. The lowest BCUT2D eigenvalue weighted by Gasteiger charge is -2.13. The molecule has 1 atom stereocenters. The number of carbonyl (C=O) groups is 1. The van der Waals surface area contributed by atoms with Crippen molar-refractivity contribution in [2.75, 3.05) is 13.6 Å². The number of aryl methyl sites for hydroxylation is 1. The second kappa shape index (κ2) is 5.12. The van der Waals surface area contributed by atoms with Crippen molar-refractivity contribution < 1.29 is 4.79 Å². The molecule has 1 aliphatic rings. The molecule has 2 rings (SSSR count). The van der Waals surface area contributed by atoms with E-state index in [1.165, 1.54) is 11.1 Å². The van der Waals surface area contributed by atoms with E-state index in [0.29, 0.717) is 12.5 Å². The lowest BCUT2D eigenvalue weighted by molar-refractivity contribution is -0.120. The normalized spacial score (nSPS) is 18.2. The monoisotopic (exact) mass is 218 g/mol. The Kier molecular flexibility index (Phi) is 3.57. The van der Waals surface area contributed by atoms with Crippen LogP contribution < -0.4 is 10.6 Å². The van der Waals surface area contributed by atoms with Crippen molar-refractivity contribution in [1.82, 2.24) is 10.6 Å². The third kappa shape index (κ3) is 2.42. The van der Waals surface area contributed by atoms with Crippen LogP contribution in [0, 0.1) is 0 Å². The maximum Gasteiger partial charge on any atom is 0.221 e. The number of rotatable bonds is 4. The summed E-state index contributed by atoms with van der Waals surface area (Å²) < 4.78 is 0. The highest BCUT2D eigenvalue weighted by Crippen LogP contribution is 2.30. The van der Waals surface area contributed by atoms with Crippen LogP contribution in [0.3, 0.4) is 0 Å². The Hall–Kier alpha value is -1.35. The van der Waals surface area contributed by atoms with Gasteiger partial charge < -0.3 is 10.6 Å². The number of nitrogens with one attached hydrogen (secondary N) is 2. The Morgan fingerprint density at radius 3 is 3.06 bits per heavy atom. The molecule has 1 aliphatic carbocycles. The van der Waals surface area contributed by atoms with Crippen LogP contribution in [0.5, 0.6) is 0 Å². The minimum atomic E-state index is 0.0961. The highest BCUT2D eigenvalue weighted by molar-refractivity contribution is 5.75. The van der Waals surface area contributed by atoms with E-state index in [4.69, 9.17) is 0 Å². The molecule has 1 amide bonds. The van der Waals surface area contributed by atoms with Crippen LogP contribution in [-0.4, -0.2) is 19.5 Å². The second-order valence-corrected chi connectivity index (χ2v) is 4.17. The molecule has 0 saturated heterocycles. The van der Waals surface area contributed by atoms with E-state index in [1.807, 2.05) is 0 Å². The van der Waals surface area contributed by atoms with Crippen molar-refractivity contribution in [3.63, 3.8) is 0 Å². The summed E-state index contributed by atoms with van der Waals surface area (Å²) in [7, 11) is 1.67. The highest BCUT2D eigenvalue weighted by atomic mass is 16.1. The van der Waals surface area contributed by atoms with Gasteiger partial charge in [0.05, 0.1) is 0 Å². The number of benzene rings is 1. The average molecular weight is 218 g/mol. The summed E-state index contributed by atoms with van der Waals surface area (Å²) in [6.07, 6.45) is 2.84. The van der Waals surface area contributed by atoms with Crippen LogP contribution in [0.4, 0.5) is 0 Å². The molecule has 0 bridgehead atoms. The molecule has 2 N–H and O–H groups in total. The van der Waals surface area contributed by atoms with Crippen molar-refractivity contribution in [3.8, 4) is 0 Å². The van der Waals surface area contributed by atoms with Crippen LogP contribution in [0.15, 0.2) is 24.3 Å². The van der Waals surface area contributed by atoms with Gasteiger partial charge in [0.25, 0.3) is 0 Å². The van der Waals surface area contributed by atoms with Crippen molar-refractivity contribution in [2.24, 2.45) is 0 Å². The minimum Gasteiger partial charge on any atom is -0.359 e. The summed E-state index contributed by atoms with van der Waals surface area (Å²) in [6.45, 7) is 0.749. The Bertz CT molecular complexity index is 376. The van der Waals surface area contributed by atoms with E-state index in [0.717, 1.165) is 19.4 Å². The molecule has 3 nitrogen and oxygen atoms in total. The molecule has 3 heteroatoms. The van der Waals surface area contributed by atoms with Gasteiger partial charge in [-0.15, -0.1) is 0 Å². The summed E-state index contributed by atoms with van der Waals surface area (Å²) in [5.41, 5.74) is 2.85. The lowest BCUT2D eigenvalue weighted by atomic mass is 10.1. The molecule has 1 aromatic rings. The summed E-state index contributed by atoms with van der Waals surface area (Å²) in [4.78, 5) is 11.1. The summed E-state index contributed by atoms with van der Waals surface area (Å²) >= 11 is 0. The van der Waals surface area contributed by atoms with Crippen LogP contribution in [0.2, 0.25) is 0 Å². The maximum atomic E-state index is 11.1. The first kappa shape index (κ1) is 11.1. The molecule has 0 saturated carbocycles.